The zero-order valence-electron chi connectivity index (χ0n) is 15.8. The van der Waals surface area contributed by atoms with Gasteiger partial charge in [-0.05, 0) is 36.6 Å². The van der Waals surface area contributed by atoms with Crippen LogP contribution in [0.1, 0.15) is 32.1 Å². The van der Waals surface area contributed by atoms with E-state index in [1.807, 2.05) is 23.0 Å². The van der Waals surface area contributed by atoms with E-state index in [9.17, 15) is 0 Å². The highest BCUT2D eigenvalue weighted by Crippen LogP contribution is 2.30. The van der Waals surface area contributed by atoms with E-state index in [2.05, 4.69) is 43.6 Å². The lowest BCUT2D eigenvalue weighted by molar-refractivity contribution is 0.402. The number of rotatable bonds is 4. The van der Waals surface area contributed by atoms with E-state index in [1.165, 1.54) is 38.4 Å². The normalized spacial score (nSPS) is 15.2. The van der Waals surface area contributed by atoms with Crippen LogP contribution in [0.25, 0.3) is 27.5 Å². The highest BCUT2D eigenvalue weighted by molar-refractivity contribution is 5.91. The third-order valence-corrected chi connectivity index (χ3v) is 5.46. The summed E-state index contributed by atoms with van der Waals surface area (Å²) in [6.45, 7) is 0. The molecule has 1 N–H and O–H groups in total. The number of fused-ring (bicyclic) bond motifs is 2. The number of anilines is 1. The number of methoxy groups -OCH3 is 1. The maximum absolute atomic E-state index is 5.39. The second-order valence-electron chi connectivity index (χ2n) is 7.24. The van der Waals surface area contributed by atoms with Crippen LogP contribution in [0.4, 0.5) is 5.95 Å². The lowest BCUT2D eigenvalue weighted by atomic mass is 9.96. The Hall–Kier alpha value is -3.22. The molecule has 5 rings (SSSR count). The molecule has 0 spiro atoms. The van der Waals surface area contributed by atoms with E-state index in [4.69, 9.17) is 4.74 Å². The van der Waals surface area contributed by atoms with Crippen LogP contribution in [0, 0.1) is 0 Å². The molecule has 0 radical (unpaired) electrons. The average molecular weight is 374 g/mol. The maximum atomic E-state index is 5.39. The first-order valence-electron chi connectivity index (χ1n) is 9.72. The molecule has 3 aromatic heterocycles. The van der Waals surface area contributed by atoms with Gasteiger partial charge in [0, 0.05) is 17.8 Å². The van der Waals surface area contributed by atoms with Gasteiger partial charge in [0.25, 0.3) is 0 Å². The van der Waals surface area contributed by atoms with Crippen molar-refractivity contribution < 1.29 is 4.74 Å². The van der Waals surface area contributed by atoms with Crippen LogP contribution in [-0.4, -0.2) is 37.7 Å². The van der Waals surface area contributed by atoms with Crippen LogP contribution in [0.3, 0.4) is 0 Å². The molecule has 3 heterocycles. The molecule has 28 heavy (non-hydrogen) atoms. The number of nitrogens with zero attached hydrogens (tertiary/aromatic N) is 5. The molecule has 1 aliphatic rings. The smallest absolute Gasteiger partial charge is 0.241 e. The van der Waals surface area contributed by atoms with Gasteiger partial charge >= 0.3 is 0 Å². The molecule has 1 aliphatic carbocycles. The molecule has 7 heteroatoms. The standard InChI is InChI=1S/C21H22N6O/c1-28-20-17-11-14(7-8-18(17)23-13-24-20)16-9-10-27-19(16)12-22-21(26-27)25-15-5-3-2-4-6-15/h7-13,15H,2-6H2,1H3,(H,25,26). The zero-order chi connectivity index (χ0) is 18.9. The van der Waals surface area contributed by atoms with E-state index in [0.717, 1.165) is 27.5 Å². The number of hydrogen-bond acceptors (Lipinski definition) is 6. The van der Waals surface area contributed by atoms with Gasteiger partial charge in [-0.3, -0.25) is 0 Å². The fourth-order valence-electron chi connectivity index (χ4n) is 4.00. The SMILES string of the molecule is COc1ncnc2ccc(-c3ccn4nc(NC5CCCCC5)ncc34)cc12. The van der Waals surface area contributed by atoms with E-state index >= 15 is 0 Å². The van der Waals surface area contributed by atoms with Crippen LogP contribution < -0.4 is 10.1 Å². The first-order chi connectivity index (χ1) is 13.8. The number of hydrogen-bond donors (Lipinski definition) is 1. The van der Waals surface area contributed by atoms with Crippen molar-refractivity contribution >= 4 is 22.4 Å². The van der Waals surface area contributed by atoms with Crippen LogP contribution in [0.5, 0.6) is 5.88 Å². The van der Waals surface area contributed by atoms with Gasteiger partial charge in [-0.2, -0.15) is 0 Å². The summed E-state index contributed by atoms with van der Waals surface area (Å²) in [5.74, 6) is 1.26. The van der Waals surface area contributed by atoms with Crippen molar-refractivity contribution in [1.29, 1.82) is 0 Å². The van der Waals surface area contributed by atoms with Crippen molar-refractivity contribution in [3.8, 4) is 17.0 Å². The summed E-state index contributed by atoms with van der Waals surface area (Å²) in [6, 6.07) is 8.63. The predicted molar refractivity (Wildman–Crippen MR) is 109 cm³/mol. The van der Waals surface area contributed by atoms with Gasteiger partial charge in [0.1, 0.15) is 6.33 Å². The van der Waals surface area contributed by atoms with Crippen molar-refractivity contribution in [2.45, 2.75) is 38.1 Å². The third-order valence-electron chi connectivity index (χ3n) is 5.46. The molecule has 0 atom stereocenters. The van der Waals surface area contributed by atoms with Crippen molar-refractivity contribution in [2.24, 2.45) is 0 Å². The summed E-state index contributed by atoms with van der Waals surface area (Å²) >= 11 is 0. The fourth-order valence-corrected chi connectivity index (χ4v) is 4.00. The van der Waals surface area contributed by atoms with Crippen LogP contribution in [-0.2, 0) is 0 Å². The molecule has 0 unspecified atom stereocenters. The van der Waals surface area contributed by atoms with Crippen molar-refractivity contribution in [2.75, 3.05) is 12.4 Å². The Bertz CT molecular complexity index is 1130. The minimum Gasteiger partial charge on any atom is -0.480 e. The van der Waals surface area contributed by atoms with Gasteiger partial charge < -0.3 is 10.1 Å². The van der Waals surface area contributed by atoms with Crippen LogP contribution >= 0.6 is 0 Å². The lowest BCUT2D eigenvalue weighted by Crippen LogP contribution is -2.23. The summed E-state index contributed by atoms with van der Waals surface area (Å²) in [5, 5.41) is 9.03. The van der Waals surface area contributed by atoms with Gasteiger partial charge in [0.2, 0.25) is 11.8 Å². The van der Waals surface area contributed by atoms with Crippen molar-refractivity contribution in [1.82, 2.24) is 24.6 Å². The van der Waals surface area contributed by atoms with Gasteiger partial charge in [-0.25, -0.2) is 19.5 Å². The monoisotopic (exact) mass is 374 g/mol. The highest BCUT2D eigenvalue weighted by atomic mass is 16.5. The van der Waals surface area contributed by atoms with Gasteiger partial charge in [-0.15, -0.1) is 5.10 Å². The molecule has 142 valence electrons. The Kier molecular flexibility index (Phi) is 4.27. The lowest BCUT2D eigenvalue weighted by Gasteiger charge is -2.22. The summed E-state index contributed by atoms with van der Waals surface area (Å²) in [5.41, 5.74) is 3.94. The number of benzene rings is 1. The first-order valence-corrected chi connectivity index (χ1v) is 9.72. The Morgan fingerprint density at radius 2 is 1.96 bits per heavy atom. The maximum Gasteiger partial charge on any atom is 0.241 e. The Morgan fingerprint density at radius 3 is 2.82 bits per heavy atom. The summed E-state index contributed by atoms with van der Waals surface area (Å²) in [6.07, 6.45) is 11.7. The Morgan fingerprint density at radius 1 is 1.07 bits per heavy atom. The second-order valence-corrected chi connectivity index (χ2v) is 7.24. The molecular formula is C21H22N6O. The predicted octanol–water partition coefficient (Wildman–Crippen LogP) is 4.09. The van der Waals surface area contributed by atoms with E-state index < -0.39 is 0 Å². The molecular weight excluding hydrogens is 352 g/mol. The van der Waals surface area contributed by atoms with Crippen molar-refractivity contribution in [3.05, 3.63) is 43.0 Å². The van der Waals surface area contributed by atoms with Crippen molar-refractivity contribution in [3.63, 3.8) is 0 Å². The molecule has 4 aromatic rings. The summed E-state index contributed by atoms with van der Waals surface area (Å²) in [4.78, 5) is 13.1. The number of ether oxygens (including phenoxy) is 1. The third kappa shape index (κ3) is 3.02. The van der Waals surface area contributed by atoms with Gasteiger partial charge in [0.15, 0.2) is 0 Å². The number of nitrogens with one attached hydrogen (secondary N) is 1. The minimum absolute atomic E-state index is 0.481. The molecule has 0 bridgehead atoms. The van der Waals surface area contributed by atoms with E-state index in [1.54, 1.807) is 7.11 Å². The summed E-state index contributed by atoms with van der Waals surface area (Å²) in [7, 11) is 1.62. The quantitative estimate of drug-likeness (QED) is 0.580. The van der Waals surface area contributed by atoms with Crippen LogP contribution in [0.15, 0.2) is 43.0 Å². The molecule has 7 nitrogen and oxygen atoms in total. The summed E-state index contributed by atoms with van der Waals surface area (Å²) < 4.78 is 7.27. The Labute approximate surface area is 162 Å². The minimum atomic E-state index is 0.481. The highest BCUT2D eigenvalue weighted by Gasteiger charge is 2.15. The largest absolute Gasteiger partial charge is 0.480 e. The van der Waals surface area contributed by atoms with E-state index in [0.29, 0.717) is 17.9 Å². The van der Waals surface area contributed by atoms with Gasteiger partial charge in [-0.1, -0.05) is 25.3 Å². The molecule has 0 saturated heterocycles. The molecule has 0 amide bonds. The second kappa shape index (κ2) is 7.07. The topological polar surface area (TPSA) is 77.2 Å². The molecule has 1 aromatic carbocycles. The number of aromatic nitrogens is 5. The average Bonchev–Trinajstić information content (AvgIpc) is 3.17. The molecule has 1 fully saturated rings. The molecule has 1 saturated carbocycles. The van der Waals surface area contributed by atoms with E-state index in [-0.39, 0.29) is 0 Å². The Balaban J connectivity index is 1.50. The first kappa shape index (κ1) is 16.9. The zero-order valence-corrected chi connectivity index (χ0v) is 15.8. The van der Waals surface area contributed by atoms with Crippen LogP contribution in [0.2, 0.25) is 0 Å². The van der Waals surface area contributed by atoms with Gasteiger partial charge in [0.05, 0.1) is 29.7 Å². The fraction of sp³-hybridized carbons (Fsp3) is 0.333. The molecule has 0 aliphatic heterocycles.